The van der Waals surface area contributed by atoms with Crippen LogP contribution in [-0.2, 0) is 0 Å². The molecule has 10 aromatic carbocycles. The van der Waals surface area contributed by atoms with Gasteiger partial charge in [0.2, 0.25) is 0 Å². The quantitative estimate of drug-likeness (QED) is 0.160. The Morgan fingerprint density at radius 2 is 0.682 bits per heavy atom. The first-order valence-electron chi connectivity index (χ1n) is 22.1. The standard InChI is InChI=1S/C61H37N3O2/c1-3-13-38(14-4-1)40-18-11-20-45(31-40)59-62-60(46-21-12-19-41(32-46)39-15-5-2-6-16-39)64-61(63-59)47-25-28-51-54-35-44(27-30-57(54)66-58(51)37-47)52-36-48(33-43-17-7-8-22-49(43)52)42-26-29-56-53(34-42)50-23-9-10-24-55(50)65-56/h1-37H. The van der Waals surface area contributed by atoms with Crippen LogP contribution in [0.2, 0.25) is 0 Å². The zero-order valence-electron chi connectivity index (χ0n) is 35.5. The Kier molecular flexibility index (Phi) is 8.78. The van der Waals surface area contributed by atoms with Gasteiger partial charge in [-0.25, -0.2) is 15.0 Å². The van der Waals surface area contributed by atoms with Gasteiger partial charge in [-0.1, -0.05) is 158 Å². The van der Waals surface area contributed by atoms with Gasteiger partial charge in [0.1, 0.15) is 22.3 Å². The number of benzene rings is 10. The van der Waals surface area contributed by atoms with Gasteiger partial charge in [-0.3, -0.25) is 0 Å². The van der Waals surface area contributed by atoms with Crippen LogP contribution in [-0.4, -0.2) is 15.0 Å². The van der Waals surface area contributed by atoms with E-state index in [1.54, 1.807) is 0 Å². The lowest BCUT2D eigenvalue weighted by Gasteiger charge is -2.12. The number of fused-ring (bicyclic) bond motifs is 7. The molecule has 0 aliphatic heterocycles. The molecule has 5 nitrogen and oxygen atoms in total. The molecule has 0 fully saturated rings. The molecule has 66 heavy (non-hydrogen) atoms. The Morgan fingerprint density at radius 1 is 0.227 bits per heavy atom. The summed E-state index contributed by atoms with van der Waals surface area (Å²) < 4.78 is 12.8. The summed E-state index contributed by atoms with van der Waals surface area (Å²) in [4.78, 5) is 15.4. The summed E-state index contributed by atoms with van der Waals surface area (Å²) in [7, 11) is 0. The second-order valence-electron chi connectivity index (χ2n) is 16.8. The largest absolute Gasteiger partial charge is 0.456 e. The molecule has 13 aromatic rings. The Hall–Kier alpha value is -8.93. The lowest BCUT2D eigenvalue weighted by Crippen LogP contribution is -2.00. The molecule has 0 amide bonds. The molecular formula is C61H37N3O2. The van der Waals surface area contributed by atoms with Crippen LogP contribution in [0.25, 0.3) is 133 Å². The number of hydrogen-bond acceptors (Lipinski definition) is 5. The summed E-state index contributed by atoms with van der Waals surface area (Å²) in [5.41, 5.74) is 15.0. The van der Waals surface area contributed by atoms with Gasteiger partial charge in [0.25, 0.3) is 0 Å². The molecule has 13 rings (SSSR count). The monoisotopic (exact) mass is 843 g/mol. The third-order valence-electron chi connectivity index (χ3n) is 12.7. The van der Waals surface area contributed by atoms with Gasteiger partial charge in [-0.05, 0) is 122 Å². The zero-order chi connectivity index (χ0) is 43.6. The predicted octanol–water partition coefficient (Wildman–Crippen LogP) is 16.5. The van der Waals surface area contributed by atoms with Crippen molar-refractivity contribution in [1.82, 2.24) is 15.0 Å². The molecule has 0 N–H and O–H groups in total. The third-order valence-corrected chi connectivity index (χ3v) is 12.7. The molecular weight excluding hydrogens is 807 g/mol. The summed E-state index contributed by atoms with van der Waals surface area (Å²) in [6, 6.07) is 78.3. The Labute approximate surface area is 379 Å². The van der Waals surface area contributed by atoms with Crippen molar-refractivity contribution in [1.29, 1.82) is 0 Å². The smallest absolute Gasteiger partial charge is 0.164 e. The van der Waals surface area contributed by atoms with Crippen molar-refractivity contribution in [3.8, 4) is 78.7 Å². The van der Waals surface area contributed by atoms with Crippen molar-refractivity contribution in [3.63, 3.8) is 0 Å². The van der Waals surface area contributed by atoms with Crippen LogP contribution >= 0.6 is 0 Å². The molecule has 0 saturated heterocycles. The van der Waals surface area contributed by atoms with Gasteiger partial charge >= 0.3 is 0 Å². The maximum atomic E-state index is 6.63. The minimum absolute atomic E-state index is 0.568. The van der Waals surface area contributed by atoms with Crippen LogP contribution in [0.3, 0.4) is 0 Å². The fraction of sp³-hybridized carbons (Fsp3) is 0. The van der Waals surface area contributed by atoms with Gasteiger partial charge < -0.3 is 8.83 Å². The van der Waals surface area contributed by atoms with Crippen molar-refractivity contribution in [2.75, 3.05) is 0 Å². The Morgan fingerprint density at radius 3 is 1.35 bits per heavy atom. The maximum absolute atomic E-state index is 6.63. The summed E-state index contributed by atoms with van der Waals surface area (Å²) >= 11 is 0. The van der Waals surface area contributed by atoms with Crippen LogP contribution in [0.4, 0.5) is 0 Å². The Balaban J connectivity index is 0.920. The van der Waals surface area contributed by atoms with Gasteiger partial charge in [-0.2, -0.15) is 0 Å². The van der Waals surface area contributed by atoms with Gasteiger partial charge in [0.15, 0.2) is 17.5 Å². The van der Waals surface area contributed by atoms with Crippen molar-refractivity contribution >= 4 is 54.6 Å². The van der Waals surface area contributed by atoms with Crippen LogP contribution in [0.15, 0.2) is 233 Å². The highest BCUT2D eigenvalue weighted by molar-refractivity contribution is 6.10. The van der Waals surface area contributed by atoms with Crippen LogP contribution in [0.1, 0.15) is 0 Å². The molecule has 5 heteroatoms. The first kappa shape index (κ1) is 37.6. The molecule has 0 atom stereocenters. The van der Waals surface area contributed by atoms with E-state index in [0.717, 1.165) is 105 Å². The average Bonchev–Trinajstić information content (AvgIpc) is 3.96. The van der Waals surface area contributed by atoms with E-state index in [1.807, 2.05) is 24.3 Å². The molecule has 0 aliphatic carbocycles. The third kappa shape index (κ3) is 6.61. The van der Waals surface area contributed by atoms with Crippen molar-refractivity contribution in [2.24, 2.45) is 0 Å². The lowest BCUT2D eigenvalue weighted by molar-refractivity contribution is 0.668. The minimum Gasteiger partial charge on any atom is -0.456 e. The molecule has 0 spiro atoms. The highest BCUT2D eigenvalue weighted by Crippen LogP contribution is 2.40. The molecule has 3 aromatic heterocycles. The van der Waals surface area contributed by atoms with E-state index in [0.29, 0.717) is 17.5 Å². The highest BCUT2D eigenvalue weighted by Gasteiger charge is 2.18. The Bertz CT molecular complexity index is 3900. The van der Waals surface area contributed by atoms with Crippen LogP contribution in [0, 0.1) is 0 Å². The SMILES string of the molecule is c1ccc(-c2cccc(-c3nc(-c4cccc(-c5ccccc5)c4)nc(-c4ccc5c(c4)oc4ccc(-c6cc(-c7ccc8oc9ccccc9c8c7)cc7ccccc67)cc45)n3)c2)cc1. The van der Waals surface area contributed by atoms with E-state index in [9.17, 15) is 0 Å². The minimum atomic E-state index is 0.568. The summed E-state index contributed by atoms with van der Waals surface area (Å²) in [5.74, 6) is 1.76. The topological polar surface area (TPSA) is 65.0 Å². The van der Waals surface area contributed by atoms with E-state index >= 15 is 0 Å². The molecule has 0 bridgehead atoms. The normalized spacial score (nSPS) is 11.6. The van der Waals surface area contributed by atoms with Crippen molar-refractivity contribution < 1.29 is 8.83 Å². The van der Waals surface area contributed by atoms with Crippen molar-refractivity contribution in [3.05, 3.63) is 224 Å². The fourth-order valence-electron chi connectivity index (χ4n) is 9.41. The predicted molar refractivity (Wildman–Crippen MR) is 270 cm³/mol. The van der Waals surface area contributed by atoms with Crippen LogP contribution in [0.5, 0.6) is 0 Å². The number of hydrogen-bond donors (Lipinski definition) is 0. The van der Waals surface area contributed by atoms with Crippen molar-refractivity contribution in [2.45, 2.75) is 0 Å². The second kappa shape index (κ2) is 15.4. The summed E-state index contributed by atoms with van der Waals surface area (Å²) in [5, 5.41) is 6.67. The number of para-hydroxylation sites is 1. The fourth-order valence-corrected chi connectivity index (χ4v) is 9.41. The number of nitrogens with zero attached hydrogens (tertiary/aromatic N) is 3. The molecule has 0 aliphatic rings. The van der Waals surface area contributed by atoms with Gasteiger partial charge in [0, 0.05) is 38.2 Å². The van der Waals surface area contributed by atoms with E-state index in [2.05, 4.69) is 200 Å². The lowest BCUT2D eigenvalue weighted by atomic mass is 9.92. The zero-order valence-corrected chi connectivity index (χ0v) is 35.5. The number of furan rings is 2. The molecule has 0 unspecified atom stereocenters. The summed E-state index contributed by atoms with van der Waals surface area (Å²) in [6.07, 6.45) is 0. The van der Waals surface area contributed by atoms with Gasteiger partial charge in [-0.15, -0.1) is 0 Å². The highest BCUT2D eigenvalue weighted by atomic mass is 16.3. The number of aromatic nitrogens is 3. The molecule has 308 valence electrons. The van der Waals surface area contributed by atoms with Crippen LogP contribution < -0.4 is 0 Å². The first-order chi connectivity index (χ1) is 32.6. The second-order valence-corrected chi connectivity index (χ2v) is 16.8. The first-order valence-corrected chi connectivity index (χ1v) is 22.1. The van der Waals surface area contributed by atoms with E-state index in [1.165, 1.54) is 10.8 Å². The van der Waals surface area contributed by atoms with E-state index < -0.39 is 0 Å². The molecule has 3 heterocycles. The molecule has 0 saturated carbocycles. The van der Waals surface area contributed by atoms with Gasteiger partial charge in [0.05, 0.1) is 0 Å². The molecule has 0 radical (unpaired) electrons. The van der Waals surface area contributed by atoms with E-state index in [4.69, 9.17) is 23.8 Å². The van der Waals surface area contributed by atoms with E-state index in [-0.39, 0.29) is 0 Å². The summed E-state index contributed by atoms with van der Waals surface area (Å²) in [6.45, 7) is 0. The average molecular weight is 844 g/mol. The maximum Gasteiger partial charge on any atom is 0.164 e. The number of rotatable bonds is 7.